The molecule has 12 nitrogen and oxygen atoms in total. The van der Waals surface area contributed by atoms with Crippen molar-refractivity contribution in [3.8, 4) is 0 Å². The molecule has 0 aliphatic heterocycles. The smallest absolute Gasteiger partial charge is 0.312 e. The lowest BCUT2D eigenvalue weighted by atomic mass is 10.3. The van der Waals surface area contributed by atoms with Gasteiger partial charge in [0.25, 0.3) is 10.0 Å². The van der Waals surface area contributed by atoms with Crippen LogP contribution in [0.25, 0.3) is 0 Å². The van der Waals surface area contributed by atoms with Gasteiger partial charge in [0.15, 0.2) is 0 Å². The standard InChI is InChI=1S/C17H17N7O5S/c1-11-16(24(26)27)12(2)23(21-11)10-15(25)20-13-4-6-14(7-5-13)30(28,29)22-17-18-8-3-9-19-17/h3-9H,10H2,1-2H3,(H,20,25)(H,18,19,22). The van der Waals surface area contributed by atoms with Gasteiger partial charge in [-0.15, -0.1) is 0 Å². The molecule has 0 saturated carbocycles. The SMILES string of the molecule is Cc1nn(CC(=O)Nc2ccc(S(=O)(=O)Nc3ncccn3)cc2)c(C)c1[N+](=O)[O-]. The Hall–Kier alpha value is -3.87. The van der Waals surface area contributed by atoms with E-state index < -0.39 is 20.9 Å². The van der Waals surface area contributed by atoms with Crippen LogP contribution in [0.1, 0.15) is 11.4 Å². The highest BCUT2D eigenvalue weighted by Crippen LogP contribution is 2.22. The van der Waals surface area contributed by atoms with E-state index in [1.807, 2.05) is 0 Å². The largest absolute Gasteiger partial charge is 0.324 e. The molecule has 2 N–H and O–H groups in total. The number of anilines is 2. The number of nitrogens with one attached hydrogen (secondary N) is 2. The fourth-order valence-electron chi connectivity index (χ4n) is 2.69. The second-order valence-electron chi connectivity index (χ2n) is 6.18. The molecule has 0 atom stereocenters. The molecule has 1 aromatic carbocycles. The predicted octanol–water partition coefficient (Wildman–Crippen LogP) is 1.64. The van der Waals surface area contributed by atoms with Crippen molar-refractivity contribution >= 4 is 33.3 Å². The van der Waals surface area contributed by atoms with Crippen molar-refractivity contribution in [3.05, 3.63) is 64.2 Å². The monoisotopic (exact) mass is 431 g/mol. The lowest BCUT2D eigenvalue weighted by Crippen LogP contribution is -2.20. The molecular formula is C17H17N7O5S. The molecule has 0 saturated heterocycles. The molecular weight excluding hydrogens is 414 g/mol. The second-order valence-corrected chi connectivity index (χ2v) is 7.87. The van der Waals surface area contributed by atoms with Crippen LogP contribution in [0, 0.1) is 24.0 Å². The van der Waals surface area contributed by atoms with Crippen LogP contribution in [0.15, 0.2) is 47.6 Å². The summed E-state index contributed by atoms with van der Waals surface area (Å²) in [6, 6.07) is 7.02. The van der Waals surface area contributed by atoms with E-state index in [0.29, 0.717) is 5.69 Å². The van der Waals surface area contributed by atoms with Crippen molar-refractivity contribution in [3.63, 3.8) is 0 Å². The minimum absolute atomic E-state index is 0.0397. The van der Waals surface area contributed by atoms with Gasteiger partial charge in [0.2, 0.25) is 11.9 Å². The predicted molar refractivity (Wildman–Crippen MR) is 106 cm³/mol. The topological polar surface area (TPSA) is 162 Å². The van der Waals surface area contributed by atoms with Gasteiger partial charge in [-0.2, -0.15) is 5.10 Å². The van der Waals surface area contributed by atoms with E-state index in [2.05, 4.69) is 25.1 Å². The maximum atomic E-state index is 12.4. The number of carbonyl (C=O) groups excluding carboxylic acids is 1. The van der Waals surface area contributed by atoms with E-state index in [4.69, 9.17) is 0 Å². The van der Waals surface area contributed by atoms with Crippen LogP contribution in [0.3, 0.4) is 0 Å². The van der Waals surface area contributed by atoms with Crippen molar-refractivity contribution in [1.82, 2.24) is 19.7 Å². The van der Waals surface area contributed by atoms with Crippen LogP contribution >= 0.6 is 0 Å². The molecule has 0 bridgehead atoms. The average Bonchev–Trinajstić information content (AvgIpc) is 2.95. The van der Waals surface area contributed by atoms with E-state index in [-0.39, 0.29) is 34.5 Å². The number of hydrogen-bond acceptors (Lipinski definition) is 8. The zero-order valence-corrected chi connectivity index (χ0v) is 16.8. The van der Waals surface area contributed by atoms with E-state index >= 15 is 0 Å². The first kappa shape index (κ1) is 20.9. The number of amides is 1. The van der Waals surface area contributed by atoms with Gasteiger partial charge in [0.1, 0.15) is 17.9 Å². The highest BCUT2D eigenvalue weighted by molar-refractivity contribution is 7.92. The third kappa shape index (κ3) is 4.57. The first-order chi connectivity index (χ1) is 14.2. The highest BCUT2D eigenvalue weighted by atomic mass is 32.2. The lowest BCUT2D eigenvalue weighted by molar-refractivity contribution is -0.386. The van der Waals surface area contributed by atoms with Crippen molar-refractivity contribution in [2.24, 2.45) is 0 Å². The number of hydrogen-bond donors (Lipinski definition) is 2. The summed E-state index contributed by atoms with van der Waals surface area (Å²) in [5, 5.41) is 17.7. The molecule has 3 rings (SSSR count). The second kappa shape index (κ2) is 8.24. The quantitative estimate of drug-likeness (QED) is 0.421. The number of carbonyl (C=O) groups is 1. The van der Waals surface area contributed by atoms with Gasteiger partial charge >= 0.3 is 5.69 Å². The van der Waals surface area contributed by atoms with Gasteiger partial charge in [-0.05, 0) is 44.2 Å². The third-order valence-corrected chi connectivity index (χ3v) is 5.40. The molecule has 156 valence electrons. The summed E-state index contributed by atoms with van der Waals surface area (Å²) in [4.78, 5) is 30.3. The number of benzene rings is 1. The summed E-state index contributed by atoms with van der Waals surface area (Å²) in [7, 11) is -3.89. The van der Waals surface area contributed by atoms with E-state index in [0.717, 1.165) is 0 Å². The molecule has 0 aliphatic rings. The Labute approximate surface area is 171 Å². The molecule has 13 heteroatoms. The molecule has 30 heavy (non-hydrogen) atoms. The fourth-order valence-corrected chi connectivity index (χ4v) is 3.65. The number of aryl methyl sites for hydroxylation is 1. The molecule has 2 aromatic heterocycles. The van der Waals surface area contributed by atoms with Gasteiger partial charge in [-0.3, -0.25) is 19.6 Å². The van der Waals surface area contributed by atoms with E-state index in [9.17, 15) is 23.3 Å². The first-order valence-electron chi connectivity index (χ1n) is 8.55. The molecule has 0 fully saturated rings. The first-order valence-corrected chi connectivity index (χ1v) is 10.0. The Kier molecular flexibility index (Phi) is 5.73. The maximum absolute atomic E-state index is 12.4. The minimum Gasteiger partial charge on any atom is -0.324 e. The van der Waals surface area contributed by atoms with Crippen LogP contribution in [0.2, 0.25) is 0 Å². The minimum atomic E-state index is -3.89. The summed E-state index contributed by atoms with van der Waals surface area (Å²) < 4.78 is 28.2. The summed E-state index contributed by atoms with van der Waals surface area (Å²) in [6.07, 6.45) is 2.81. The van der Waals surface area contributed by atoms with Gasteiger partial charge in [-0.1, -0.05) is 0 Å². The molecule has 0 aliphatic carbocycles. The molecule has 0 radical (unpaired) electrons. The van der Waals surface area contributed by atoms with Crippen LogP contribution in [-0.2, 0) is 21.4 Å². The zero-order chi connectivity index (χ0) is 21.9. The molecule has 0 unspecified atom stereocenters. The normalized spacial score (nSPS) is 11.1. The number of nitro groups is 1. The zero-order valence-electron chi connectivity index (χ0n) is 15.9. The summed E-state index contributed by atoms with van der Waals surface area (Å²) in [6.45, 7) is 2.77. The number of rotatable bonds is 7. The Morgan fingerprint density at radius 3 is 2.37 bits per heavy atom. The molecule has 3 aromatic rings. The Balaban J connectivity index is 1.68. The van der Waals surface area contributed by atoms with Crippen LogP contribution in [0.5, 0.6) is 0 Å². The maximum Gasteiger partial charge on any atom is 0.312 e. The van der Waals surface area contributed by atoms with Crippen LogP contribution < -0.4 is 10.0 Å². The van der Waals surface area contributed by atoms with Crippen molar-refractivity contribution in [2.75, 3.05) is 10.0 Å². The van der Waals surface area contributed by atoms with Crippen molar-refractivity contribution < 1.29 is 18.1 Å². The summed E-state index contributed by atoms with van der Waals surface area (Å²) in [5.41, 5.74) is 0.705. The Morgan fingerprint density at radius 1 is 1.17 bits per heavy atom. The lowest BCUT2D eigenvalue weighted by Gasteiger charge is -2.09. The van der Waals surface area contributed by atoms with Gasteiger partial charge in [0, 0.05) is 18.1 Å². The van der Waals surface area contributed by atoms with Crippen LogP contribution in [-0.4, -0.2) is 39.0 Å². The summed E-state index contributed by atoms with van der Waals surface area (Å²) >= 11 is 0. The average molecular weight is 431 g/mol. The third-order valence-electron chi connectivity index (χ3n) is 4.06. The molecule has 0 spiro atoms. The van der Waals surface area contributed by atoms with Crippen molar-refractivity contribution in [1.29, 1.82) is 0 Å². The molecule has 1 amide bonds. The van der Waals surface area contributed by atoms with Gasteiger partial charge in [0.05, 0.1) is 9.82 Å². The van der Waals surface area contributed by atoms with Gasteiger partial charge < -0.3 is 5.32 Å². The Bertz CT molecular complexity index is 1190. The molecule has 2 heterocycles. The highest BCUT2D eigenvalue weighted by Gasteiger charge is 2.23. The van der Waals surface area contributed by atoms with E-state index in [1.165, 1.54) is 55.2 Å². The number of nitrogens with zero attached hydrogens (tertiary/aromatic N) is 5. The summed E-state index contributed by atoms with van der Waals surface area (Å²) in [5.74, 6) is -0.532. The Morgan fingerprint density at radius 2 is 1.80 bits per heavy atom. The van der Waals surface area contributed by atoms with Crippen LogP contribution in [0.4, 0.5) is 17.3 Å². The number of sulfonamides is 1. The fraction of sp³-hybridized carbons (Fsp3) is 0.176. The van der Waals surface area contributed by atoms with Gasteiger partial charge in [-0.25, -0.2) is 23.1 Å². The van der Waals surface area contributed by atoms with Crippen molar-refractivity contribution in [2.45, 2.75) is 25.3 Å². The number of aromatic nitrogens is 4. The van der Waals surface area contributed by atoms with E-state index in [1.54, 1.807) is 6.07 Å².